The van der Waals surface area contributed by atoms with Gasteiger partial charge in [-0.05, 0) is 78.9 Å². The molecule has 3 nitrogen and oxygen atoms in total. The molecule has 2 rings (SSSR count). The number of amides is 1. The van der Waals surface area contributed by atoms with Gasteiger partial charge in [0.15, 0.2) is 0 Å². The molecule has 1 fully saturated rings. The molecule has 1 aromatic rings. The van der Waals surface area contributed by atoms with Crippen molar-refractivity contribution in [2.45, 2.75) is 25.7 Å². The summed E-state index contributed by atoms with van der Waals surface area (Å²) >= 11 is 8.09. The van der Waals surface area contributed by atoms with E-state index in [9.17, 15) is 4.79 Å². The lowest BCUT2D eigenvalue weighted by Gasteiger charge is -2.26. The maximum Gasteiger partial charge on any atom is 0.227 e. The van der Waals surface area contributed by atoms with E-state index in [2.05, 4.69) is 27.9 Å². The lowest BCUT2D eigenvalue weighted by molar-refractivity contribution is -0.121. The summed E-state index contributed by atoms with van der Waals surface area (Å²) in [6.45, 7) is 0.740. The van der Waals surface area contributed by atoms with Gasteiger partial charge in [-0.1, -0.05) is 11.6 Å². The number of benzene rings is 1. The minimum Gasteiger partial charge on any atom is -0.330 e. The zero-order valence-corrected chi connectivity index (χ0v) is 13.6. The van der Waals surface area contributed by atoms with Crippen LogP contribution in [0.1, 0.15) is 25.7 Å². The van der Waals surface area contributed by atoms with E-state index in [1.54, 1.807) is 6.07 Å². The maximum absolute atomic E-state index is 12.2. The SMILES string of the molecule is NCC1CCC(C(=O)Nc2ccc(Cl)cc2I)CC1. The lowest BCUT2D eigenvalue weighted by atomic mass is 9.81. The Balaban J connectivity index is 1.94. The zero-order valence-electron chi connectivity index (χ0n) is 10.7. The zero-order chi connectivity index (χ0) is 13.8. The Hall–Kier alpha value is -0.330. The van der Waals surface area contributed by atoms with Gasteiger partial charge in [0.1, 0.15) is 0 Å². The molecule has 104 valence electrons. The average Bonchev–Trinajstić information content (AvgIpc) is 2.42. The molecule has 0 atom stereocenters. The molecular formula is C14H18ClIN2O. The molecule has 3 N–H and O–H groups in total. The van der Waals surface area contributed by atoms with Crippen molar-refractivity contribution >= 4 is 45.8 Å². The van der Waals surface area contributed by atoms with Crippen LogP contribution in [0.15, 0.2) is 18.2 Å². The van der Waals surface area contributed by atoms with E-state index in [-0.39, 0.29) is 11.8 Å². The van der Waals surface area contributed by atoms with Crippen LogP contribution in [0.4, 0.5) is 5.69 Å². The van der Waals surface area contributed by atoms with Crippen molar-refractivity contribution in [3.63, 3.8) is 0 Å². The van der Waals surface area contributed by atoms with E-state index >= 15 is 0 Å². The number of nitrogens with one attached hydrogen (secondary N) is 1. The van der Waals surface area contributed by atoms with Crippen molar-refractivity contribution in [2.75, 3.05) is 11.9 Å². The molecule has 1 aromatic carbocycles. The number of hydrogen-bond donors (Lipinski definition) is 2. The first kappa shape index (κ1) is 15.1. The number of carbonyl (C=O) groups excluding carboxylic acids is 1. The summed E-state index contributed by atoms with van der Waals surface area (Å²) in [7, 11) is 0. The van der Waals surface area contributed by atoms with Crippen molar-refractivity contribution < 1.29 is 4.79 Å². The van der Waals surface area contributed by atoms with Gasteiger partial charge in [0.2, 0.25) is 5.91 Å². The van der Waals surface area contributed by atoms with Crippen LogP contribution in [0.5, 0.6) is 0 Å². The van der Waals surface area contributed by atoms with Gasteiger partial charge in [0, 0.05) is 14.5 Å². The number of carbonyl (C=O) groups is 1. The van der Waals surface area contributed by atoms with Crippen molar-refractivity contribution in [1.82, 2.24) is 0 Å². The molecule has 0 spiro atoms. The monoisotopic (exact) mass is 392 g/mol. The summed E-state index contributed by atoms with van der Waals surface area (Å²) < 4.78 is 0.967. The third-order valence-corrected chi connectivity index (χ3v) is 4.87. The first-order chi connectivity index (χ1) is 9.10. The van der Waals surface area contributed by atoms with Crippen LogP contribution in [-0.2, 0) is 4.79 Å². The van der Waals surface area contributed by atoms with E-state index in [0.29, 0.717) is 10.9 Å². The standard InChI is InChI=1S/C14H18ClIN2O/c15-11-5-6-13(12(16)7-11)18-14(19)10-3-1-9(8-17)2-4-10/h5-7,9-10H,1-4,8,17H2,(H,18,19). The molecule has 0 saturated heterocycles. The first-order valence-corrected chi connectivity index (χ1v) is 8.02. The molecule has 5 heteroatoms. The Labute approximate surface area is 132 Å². The van der Waals surface area contributed by atoms with Crippen LogP contribution >= 0.6 is 34.2 Å². The Morgan fingerprint density at radius 2 is 2.05 bits per heavy atom. The van der Waals surface area contributed by atoms with Gasteiger partial charge in [-0.2, -0.15) is 0 Å². The Kier molecular flexibility index (Phi) is 5.47. The molecule has 19 heavy (non-hydrogen) atoms. The van der Waals surface area contributed by atoms with Crippen molar-refractivity contribution in [3.8, 4) is 0 Å². The molecule has 0 heterocycles. The largest absolute Gasteiger partial charge is 0.330 e. The fraction of sp³-hybridized carbons (Fsp3) is 0.500. The van der Waals surface area contributed by atoms with E-state index in [4.69, 9.17) is 17.3 Å². The lowest BCUT2D eigenvalue weighted by Crippen LogP contribution is -2.29. The summed E-state index contributed by atoms with van der Waals surface area (Å²) in [5.74, 6) is 0.838. The third kappa shape index (κ3) is 4.07. The highest BCUT2D eigenvalue weighted by Crippen LogP contribution is 2.30. The summed E-state index contributed by atoms with van der Waals surface area (Å²) in [6, 6.07) is 5.50. The van der Waals surface area contributed by atoms with Crippen molar-refractivity contribution in [2.24, 2.45) is 17.6 Å². The van der Waals surface area contributed by atoms with E-state index in [0.717, 1.165) is 41.5 Å². The topological polar surface area (TPSA) is 55.1 Å². The van der Waals surface area contributed by atoms with Crippen LogP contribution in [-0.4, -0.2) is 12.5 Å². The average molecular weight is 393 g/mol. The number of anilines is 1. The predicted octanol–water partition coefficient (Wildman–Crippen LogP) is 3.65. The highest BCUT2D eigenvalue weighted by Gasteiger charge is 2.25. The second kappa shape index (κ2) is 6.90. The maximum atomic E-state index is 12.2. The molecule has 0 radical (unpaired) electrons. The number of nitrogens with two attached hydrogens (primary N) is 1. The van der Waals surface area contributed by atoms with Crippen LogP contribution in [0.3, 0.4) is 0 Å². The smallest absolute Gasteiger partial charge is 0.227 e. The molecule has 0 unspecified atom stereocenters. The van der Waals surface area contributed by atoms with Crippen molar-refractivity contribution in [1.29, 1.82) is 0 Å². The van der Waals surface area contributed by atoms with Gasteiger partial charge >= 0.3 is 0 Å². The minimum absolute atomic E-state index is 0.120. The van der Waals surface area contributed by atoms with Gasteiger partial charge in [0.25, 0.3) is 0 Å². The second-order valence-corrected chi connectivity index (χ2v) is 6.67. The molecule has 0 bridgehead atoms. The highest BCUT2D eigenvalue weighted by atomic mass is 127. The van der Waals surface area contributed by atoms with Gasteiger partial charge in [0.05, 0.1) is 5.69 Å². The molecule has 1 aliphatic carbocycles. The summed E-state index contributed by atoms with van der Waals surface area (Å²) in [6.07, 6.45) is 4.01. The van der Waals surface area contributed by atoms with Crippen LogP contribution in [0.2, 0.25) is 5.02 Å². The van der Waals surface area contributed by atoms with Crippen LogP contribution in [0, 0.1) is 15.4 Å². The number of halogens is 2. The van der Waals surface area contributed by atoms with Gasteiger partial charge in [-0.15, -0.1) is 0 Å². The number of hydrogen-bond acceptors (Lipinski definition) is 2. The molecule has 1 saturated carbocycles. The summed E-state index contributed by atoms with van der Waals surface area (Å²) in [5.41, 5.74) is 6.51. The van der Waals surface area contributed by atoms with E-state index in [1.807, 2.05) is 12.1 Å². The normalized spacial score (nSPS) is 23.1. The van der Waals surface area contributed by atoms with Crippen LogP contribution < -0.4 is 11.1 Å². The fourth-order valence-corrected chi connectivity index (χ4v) is 3.49. The molecule has 0 aromatic heterocycles. The van der Waals surface area contributed by atoms with E-state index < -0.39 is 0 Å². The van der Waals surface area contributed by atoms with Gasteiger partial charge in [-0.25, -0.2) is 0 Å². The molecule has 1 aliphatic rings. The summed E-state index contributed by atoms with van der Waals surface area (Å²) in [4.78, 5) is 12.2. The number of rotatable bonds is 3. The van der Waals surface area contributed by atoms with Crippen molar-refractivity contribution in [3.05, 3.63) is 26.8 Å². The second-order valence-electron chi connectivity index (χ2n) is 5.07. The minimum atomic E-state index is 0.120. The first-order valence-electron chi connectivity index (χ1n) is 6.56. The highest BCUT2D eigenvalue weighted by molar-refractivity contribution is 14.1. The van der Waals surface area contributed by atoms with Gasteiger partial charge in [-0.3, -0.25) is 4.79 Å². The fourth-order valence-electron chi connectivity index (χ4n) is 2.49. The Morgan fingerprint density at radius 3 is 2.63 bits per heavy atom. The van der Waals surface area contributed by atoms with E-state index in [1.165, 1.54) is 0 Å². The molecule has 1 amide bonds. The Bertz CT molecular complexity index is 459. The quantitative estimate of drug-likeness (QED) is 0.772. The molecule has 0 aliphatic heterocycles. The summed E-state index contributed by atoms with van der Waals surface area (Å²) in [5, 5.41) is 3.69. The molecular weight excluding hydrogens is 375 g/mol. The van der Waals surface area contributed by atoms with Gasteiger partial charge < -0.3 is 11.1 Å². The third-order valence-electron chi connectivity index (χ3n) is 3.74. The van der Waals surface area contributed by atoms with Crippen LogP contribution in [0.25, 0.3) is 0 Å². The predicted molar refractivity (Wildman–Crippen MR) is 87.3 cm³/mol. The Morgan fingerprint density at radius 1 is 1.37 bits per heavy atom.